The van der Waals surface area contributed by atoms with Gasteiger partial charge in [-0.05, 0) is 40.1 Å². The molecule has 242 valence electrons. The van der Waals surface area contributed by atoms with E-state index in [0.29, 0.717) is 5.82 Å². The zero-order valence-electron chi connectivity index (χ0n) is 28.5. The molecule has 8 aromatic rings. The molecule has 0 saturated carbocycles. The summed E-state index contributed by atoms with van der Waals surface area (Å²) in [4.78, 5) is 20.9. The van der Waals surface area contributed by atoms with Crippen molar-refractivity contribution in [3.05, 3.63) is 170 Å². The monoisotopic (exact) mass is 670 g/mol. The van der Waals surface area contributed by atoms with Crippen molar-refractivity contribution in [2.75, 3.05) is 0 Å². The molecule has 5 heteroatoms. The van der Waals surface area contributed by atoms with E-state index in [0.717, 1.165) is 61.9 Å². The number of nitrogens with zero attached hydrogens (tertiary/aromatic N) is 4. The molecule has 6 aromatic carbocycles. The van der Waals surface area contributed by atoms with Crippen LogP contribution >= 0.6 is 0 Å². The van der Waals surface area contributed by atoms with E-state index in [9.17, 15) is 0 Å². The third-order valence-corrected chi connectivity index (χ3v) is 13.2. The van der Waals surface area contributed by atoms with Gasteiger partial charge in [0.15, 0.2) is 11.6 Å². The van der Waals surface area contributed by atoms with Crippen LogP contribution in [0.15, 0.2) is 170 Å². The Hall–Kier alpha value is -6.30. The fourth-order valence-electron chi connectivity index (χ4n) is 7.24. The van der Waals surface area contributed by atoms with Crippen LogP contribution in [-0.4, -0.2) is 28.0 Å². The first-order valence-electron chi connectivity index (χ1n) is 17.3. The van der Waals surface area contributed by atoms with Crippen LogP contribution in [0.5, 0.6) is 0 Å². The Morgan fingerprint density at radius 1 is 0.373 bits per heavy atom. The van der Waals surface area contributed by atoms with Crippen LogP contribution in [0, 0.1) is 0 Å². The molecule has 0 saturated heterocycles. The molecule has 0 aliphatic carbocycles. The lowest BCUT2D eigenvalue weighted by Crippen LogP contribution is -2.50. The van der Waals surface area contributed by atoms with Gasteiger partial charge in [0.1, 0.15) is 8.07 Å². The zero-order valence-corrected chi connectivity index (χ0v) is 29.5. The molecule has 0 N–H and O–H groups in total. The Labute approximate surface area is 299 Å². The first-order valence-corrected chi connectivity index (χ1v) is 20.3. The van der Waals surface area contributed by atoms with Crippen molar-refractivity contribution in [1.29, 1.82) is 0 Å². The number of aromatic nitrogens is 4. The van der Waals surface area contributed by atoms with Crippen LogP contribution in [0.2, 0.25) is 13.1 Å². The van der Waals surface area contributed by atoms with E-state index in [-0.39, 0.29) is 0 Å². The number of benzene rings is 6. The summed E-state index contributed by atoms with van der Waals surface area (Å²) < 4.78 is 0. The molecule has 0 bridgehead atoms. The summed E-state index contributed by atoms with van der Waals surface area (Å²) in [5, 5.41) is 2.62. The first kappa shape index (κ1) is 30.7. The average Bonchev–Trinajstić information content (AvgIpc) is 3.44. The predicted octanol–water partition coefficient (Wildman–Crippen LogP) is 10.1. The average molecular weight is 671 g/mol. The van der Waals surface area contributed by atoms with Crippen LogP contribution in [0.1, 0.15) is 0 Å². The van der Waals surface area contributed by atoms with Crippen LogP contribution in [0.25, 0.3) is 78.8 Å². The fraction of sp³-hybridized carbons (Fsp3) is 0.0435. The van der Waals surface area contributed by atoms with Gasteiger partial charge in [-0.3, -0.25) is 0 Å². The SMILES string of the molecule is C[Si]1(C)c2ccccc2-c2c(-c3ccccc3)nc(-c3cccc(-c4cccc(-c5nc(-c6ccccc6)cc(-c6ccccc6)n5)c4)c3)nc21. The summed E-state index contributed by atoms with van der Waals surface area (Å²) in [5.41, 5.74) is 12.6. The quantitative estimate of drug-likeness (QED) is 0.165. The van der Waals surface area contributed by atoms with E-state index >= 15 is 0 Å². The molecule has 3 heterocycles. The molecule has 1 aliphatic heterocycles. The zero-order chi connectivity index (χ0) is 34.4. The van der Waals surface area contributed by atoms with Gasteiger partial charge in [0, 0.05) is 38.7 Å². The van der Waals surface area contributed by atoms with Gasteiger partial charge in [0.2, 0.25) is 0 Å². The lowest BCUT2D eigenvalue weighted by molar-refractivity contribution is 1.18. The third kappa shape index (κ3) is 5.58. The molecule has 9 rings (SSSR count). The van der Waals surface area contributed by atoms with Gasteiger partial charge in [-0.2, -0.15) is 0 Å². The molecule has 0 radical (unpaired) electrons. The number of hydrogen-bond donors (Lipinski definition) is 0. The highest BCUT2D eigenvalue weighted by Gasteiger charge is 2.41. The Morgan fingerprint density at radius 2 is 0.824 bits per heavy atom. The molecule has 0 spiro atoms. The van der Waals surface area contributed by atoms with Crippen molar-refractivity contribution in [3.8, 4) is 78.8 Å². The van der Waals surface area contributed by atoms with Crippen molar-refractivity contribution >= 4 is 18.6 Å². The van der Waals surface area contributed by atoms with Crippen LogP contribution in [0.4, 0.5) is 0 Å². The smallest absolute Gasteiger partial charge is 0.160 e. The van der Waals surface area contributed by atoms with E-state index in [2.05, 4.69) is 147 Å². The summed E-state index contributed by atoms with van der Waals surface area (Å²) in [7, 11) is -2.06. The lowest BCUT2D eigenvalue weighted by atomic mass is 9.99. The summed E-state index contributed by atoms with van der Waals surface area (Å²) in [6.07, 6.45) is 0. The summed E-state index contributed by atoms with van der Waals surface area (Å²) in [5.74, 6) is 1.44. The normalized spacial score (nSPS) is 12.7. The Bertz CT molecular complexity index is 2490. The first-order chi connectivity index (χ1) is 25.0. The number of fused-ring (bicyclic) bond motifs is 3. The third-order valence-electron chi connectivity index (χ3n) is 9.86. The summed E-state index contributed by atoms with van der Waals surface area (Å²) in [6, 6.07) is 59.1. The largest absolute Gasteiger partial charge is 0.237 e. The van der Waals surface area contributed by atoms with Crippen molar-refractivity contribution in [3.63, 3.8) is 0 Å². The van der Waals surface area contributed by atoms with Gasteiger partial charge in [0.05, 0.1) is 17.1 Å². The van der Waals surface area contributed by atoms with E-state index in [1.807, 2.05) is 36.4 Å². The second kappa shape index (κ2) is 12.5. The van der Waals surface area contributed by atoms with Gasteiger partial charge >= 0.3 is 0 Å². The molecule has 51 heavy (non-hydrogen) atoms. The molecule has 0 amide bonds. The van der Waals surface area contributed by atoms with Crippen molar-refractivity contribution < 1.29 is 0 Å². The maximum Gasteiger partial charge on any atom is 0.160 e. The minimum Gasteiger partial charge on any atom is -0.237 e. The van der Waals surface area contributed by atoms with E-state index in [1.165, 1.54) is 21.6 Å². The van der Waals surface area contributed by atoms with Crippen molar-refractivity contribution in [1.82, 2.24) is 19.9 Å². The lowest BCUT2D eigenvalue weighted by Gasteiger charge is -2.19. The van der Waals surface area contributed by atoms with Gasteiger partial charge in [-0.15, -0.1) is 0 Å². The van der Waals surface area contributed by atoms with Gasteiger partial charge in [-0.25, -0.2) is 19.9 Å². The van der Waals surface area contributed by atoms with Gasteiger partial charge in [0.25, 0.3) is 0 Å². The van der Waals surface area contributed by atoms with E-state index in [1.54, 1.807) is 0 Å². The highest BCUT2D eigenvalue weighted by Crippen LogP contribution is 2.37. The molecular weight excluding hydrogens is 637 g/mol. The Kier molecular flexibility index (Phi) is 7.56. The van der Waals surface area contributed by atoms with Gasteiger partial charge in [-0.1, -0.05) is 165 Å². The van der Waals surface area contributed by atoms with E-state index in [4.69, 9.17) is 19.9 Å². The minimum absolute atomic E-state index is 0.689. The molecule has 0 atom stereocenters. The van der Waals surface area contributed by atoms with Crippen LogP contribution in [-0.2, 0) is 0 Å². The Morgan fingerprint density at radius 3 is 1.39 bits per heavy atom. The molecule has 2 aromatic heterocycles. The van der Waals surface area contributed by atoms with Crippen molar-refractivity contribution in [2.45, 2.75) is 13.1 Å². The van der Waals surface area contributed by atoms with Gasteiger partial charge < -0.3 is 0 Å². The number of rotatable bonds is 6. The standard InChI is InChI=1S/C46H34N4Si/c1-51(2)41-27-13-12-26-38(41)42-43(33-20-10-5-11-21-33)49-45(50-46(42)51)37-25-15-23-35(29-37)34-22-14-24-36(28-34)44-47-39(31-16-6-3-7-17-31)30-40(48-44)32-18-8-4-9-19-32/h3-30H,1-2H3. The molecular formula is C46H34N4Si. The van der Waals surface area contributed by atoms with E-state index < -0.39 is 8.07 Å². The second-order valence-electron chi connectivity index (χ2n) is 13.5. The van der Waals surface area contributed by atoms with Crippen molar-refractivity contribution in [2.24, 2.45) is 0 Å². The van der Waals surface area contributed by atoms with Crippen LogP contribution in [0.3, 0.4) is 0 Å². The molecule has 0 unspecified atom stereocenters. The summed E-state index contributed by atoms with van der Waals surface area (Å²) in [6.45, 7) is 4.81. The fourth-order valence-corrected chi connectivity index (χ4v) is 10.2. The summed E-state index contributed by atoms with van der Waals surface area (Å²) >= 11 is 0. The predicted molar refractivity (Wildman–Crippen MR) is 212 cm³/mol. The molecule has 1 aliphatic rings. The molecule has 0 fully saturated rings. The maximum absolute atomic E-state index is 5.38. The Balaban J connectivity index is 1.15. The topological polar surface area (TPSA) is 51.6 Å². The minimum atomic E-state index is -2.06. The maximum atomic E-state index is 5.38. The van der Waals surface area contributed by atoms with Crippen LogP contribution < -0.4 is 10.5 Å². The highest BCUT2D eigenvalue weighted by molar-refractivity contribution is 7.03. The highest BCUT2D eigenvalue weighted by atomic mass is 28.3. The second-order valence-corrected chi connectivity index (χ2v) is 17.8. The molecule has 4 nitrogen and oxygen atoms in total. The number of hydrogen-bond acceptors (Lipinski definition) is 4.